The van der Waals surface area contributed by atoms with Gasteiger partial charge in [0.25, 0.3) is 0 Å². The Morgan fingerprint density at radius 2 is 2.00 bits per heavy atom. The summed E-state index contributed by atoms with van der Waals surface area (Å²) in [4.78, 5) is 0. The zero-order chi connectivity index (χ0) is 11.9. The van der Waals surface area contributed by atoms with E-state index in [0.29, 0.717) is 6.42 Å². The van der Waals surface area contributed by atoms with Gasteiger partial charge in [0.1, 0.15) is 0 Å². The normalized spacial score (nSPS) is 15.7. The zero-order valence-electron chi connectivity index (χ0n) is 9.76. The number of thioether (sulfide) groups is 1. The molecule has 0 amide bonds. The third-order valence-electron chi connectivity index (χ3n) is 2.20. The fraction of sp³-hybridized carbons (Fsp3) is 0.286. The lowest BCUT2D eigenvalue weighted by Crippen LogP contribution is -2.18. The van der Waals surface area contributed by atoms with E-state index in [1.165, 1.54) is 0 Å². The van der Waals surface area contributed by atoms with Crippen LogP contribution in [0.1, 0.15) is 18.9 Å². The lowest BCUT2D eigenvalue weighted by Gasteiger charge is -2.16. The molecule has 0 saturated heterocycles. The average molecular weight is 234 g/mol. The molecule has 0 saturated carbocycles. The van der Waals surface area contributed by atoms with Gasteiger partial charge < -0.3 is 5.11 Å². The van der Waals surface area contributed by atoms with Crippen LogP contribution in [0.25, 0.3) is 6.08 Å². The summed E-state index contributed by atoms with van der Waals surface area (Å²) < 4.78 is 0. The number of hydrogen-bond donors (Lipinski definition) is 1. The molecule has 0 aromatic heterocycles. The third-order valence-corrected chi connectivity index (χ3v) is 2.66. The maximum atomic E-state index is 10.1. The SMILES string of the molecule is CS/C=C/CC(C)(O)/C=C/c1ccccc1. The van der Waals surface area contributed by atoms with Crippen molar-refractivity contribution in [2.45, 2.75) is 18.9 Å². The van der Waals surface area contributed by atoms with Crippen molar-refractivity contribution in [3.8, 4) is 0 Å². The van der Waals surface area contributed by atoms with E-state index >= 15 is 0 Å². The number of rotatable bonds is 5. The lowest BCUT2D eigenvalue weighted by atomic mass is 10.0. The smallest absolute Gasteiger partial charge is 0.0837 e. The second-order valence-corrected chi connectivity index (χ2v) is 4.66. The average Bonchev–Trinajstić information content (AvgIpc) is 2.28. The molecule has 0 aliphatic heterocycles. The summed E-state index contributed by atoms with van der Waals surface area (Å²) in [5.41, 5.74) is 0.332. The Balaban J connectivity index is 2.58. The molecular weight excluding hydrogens is 216 g/mol. The highest BCUT2D eigenvalue weighted by Crippen LogP contribution is 2.15. The molecule has 1 atom stereocenters. The molecule has 1 nitrogen and oxygen atoms in total. The molecule has 1 aromatic carbocycles. The Morgan fingerprint density at radius 1 is 1.31 bits per heavy atom. The number of aliphatic hydroxyl groups is 1. The summed E-state index contributed by atoms with van der Waals surface area (Å²) in [6, 6.07) is 10.00. The van der Waals surface area contributed by atoms with Crippen LogP contribution < -0.4 is 0 Å². The molecule has 0 spiro atoms. The predicted molar refractivity (Wildman–Crippen MR) is 73.4 cm³/mol. The van der Waals surface area contributed by atoms with Gasteiger partial charge in [0.05, 0.1) is 5.60 Å². The van der Waals surface area contributed by atoms with Crippen LogP contribution in [0.15, 0.2) is 47.9 Å². The van der Waals surface area contributed by atoms with Gasteiger partial charge in [0, 0.05) is 0 Å². The predicted octanol–water partition coefficient (Wildman–Crippen LogP) is 3.72. The summed E-state index contributed by atoms with van der Waals surface area (Å²) >= 11 is 1.64. The molecule has 1 aromatic rings. The number of benzene rings is 1. The van der Waals surface area contributed by atoms with Gasteiger partial charge in [-0.25, -0.2) is 0 Å². The van der Waals surface area contributed by atoms with Gasteiger partial charge in [0.15, 0.2) is 0 Å². The van der Waals surface area contributed by atoms with E-state index in [0.717, 1.165) is 5.56 Å². The molecule has 0 aliphatic rings. The first-order valence-electron chi connectivity index (χ1n) is 5.28. The first kappa shape index (κ1) is 13.1. The Hall–Kier alpha value is -0.990. The minimum atomic E-state index is -0.776. The highest BCUT2D eigenvalue weighted by Gasteiger charge is 2.13. The molecule has 0 aliphatic carbocycles. The Morgan fingerprint density at radius 3 is 2.62 bits per heavy atom. The fourth-order valence-electron chi connectivity index (χ4n) is 1.29. The second kappa shape index (κ2) is 6.56. The van der Waals surface area contributed by atoms with Crippen LogP contribution in [0.3, 0.4) is 0 Å². The van der Waals surface area contributed by atoms with Gasteiger partial charge in [0.2, 0.25) is 0 Å². The molecule has 16 heavy (non-hydrogen) atoms. The van der Waals surface area contributed by atoms with E-state index in [-0.39, 0.29) is 0 Å². The third kappa shape index (κ3) is 5.19. The maximum absolute atomic E-state index is 10.1. The standard InChI is InChI=1S/C14H18OS/c1-14(15,10-6-12-16-2)11-9-13-7-4-3-5-8-13/h3-9,11-12,15H,10H2,1-2H3/b11-9+,12-6+. The molecular formula is C14H18OS. The second-order valence-electron chi connectivity index (χ2n) is 3.91. The zero-order valence-corrected chi connectivity index (χ0v) is 10.6. The van der Waals surface area contributed by atoms with Crippen molar-refractivity contribution in [3.05, 3.63) is 53.5 Å². The molecule has 0 fully saturated rings. The summed E-state index contributed by atoms with van der Waals surface area (Å²) in [5.74, 6) is 0. The van der Waals surface area contributed by atoms with Crippen LogP contribution in [0.4, 0.5) is 0 Å². The van der Waals surface area contributed by atoms with Gasteiger partial charge in [-0.1, -0.05) is 48.6 Å². The van der Waals surface area contributed by atoms with Crippen molar-refractivity contribution in [1.29, 1.82) is 0 Å². The molecule has 0 radical (unpaired) electrons. The van der Waals surface area contributed by atoms with Crippen molar-refractivity contribution in [3.63, 3.8) is 0 Å². The van der Waals surface area contributed by atoms with Crippen LogP contribution in [0, 0.1) is 0 Å². The molecule has 0 heterocycles. The van der Waals surface area contributed by atoms with Gasteiger partial charge >= 0.3 is 0 Å². The van der Waals surface area contributed by atoms with Gasteiger partial charge in [-0.2, -0.15) is 0 Å². The van der Waals surface area contributed by atoms with E-state index < -0.39 is 5.60 Å². The lowest BCUT2D eigenvalue weighted by molar-refractivity contribution is 0.116. The van der Waals surface area contributed by atoms with Crippen LogP contribution in [-0.2, 0) is 0 Å². The Labute approximate surface area is 102 Å². The quantitative estimate of drug-likeness (QED) is 0.838. The van der Waals surface area contributed by atoms with Crippen molar-refractivity contribution < 1.29 is 5.11 Å². The van der Waals surface area contributed by atoms with Crippen LogP contribution in [0.5, 0.6) is 0 Å². The maximum Gasteiger partial charge on any atom is 0.0837 e. The summed E-state index contributed by atoms with van der Waals surface area (Å²) in [6.45, 7) is 1.82. The van der Waals surface area contributed by atoms with Crippen LogP contribution in [-0.4, -0.2) is 17.0 Å². The molecule has 86 valence electrons. The van der Waals surface area contributed by atoms with E-state index in [9.17, 15) is 5.11 Å². The Bertz CT molecular complexity index is 352. The topological polar surface area (TPSA) is 20.2 Å². The van der Waals surface area contributed by atoms with Gasteiger partial charge in [-0.05, 0) is 30.6 Å². The Kier molecular flexibility index (Phi) is 5.36. The van der Waals surface area contributed by atoms with Crippen molar-refractivity contribution in [1.82, 2.24) is 0 Å². The summed E-state index contributed by atoms with van der Waals surface area (Å²) in [6.07, 6.45) is 8.42. The van der Waals surface area contributed by atoms with E-state index in [2.05, 4.69) is 0 Å². The molecule has 1 rings (SSSR count). The molecule has 2 heteroatoms. The van der Waals surface area contributed by atoms with Gasteiger partial charge in [-0.15, -0.1) is 11.8 Å². The first-order chi connectivity index (χ1) is 7.64. The molecule has 0 bridgehead atoms. The minimum Gasteiger partial charge on any atom is -0.386 e. The first-order valence-corrected chi connectivity index (χ1v) is 6.57. The highest BCUT2D eigenvalue weighted by atomic mass is 32.2. The highest BCUT2D eigenvalue weighted by molar-refractivity contribution is 8.01. The van der Waals surface area contributed by atoms with Crippen LogP contribution in [0.2, 0.25) is 0 Å². The number of hydrogen-bond acceptors (Lipinski definition) is 2. The van der Waals surface area contributed by atoms with Crippen molar-refractivity contribution >= 4 is 17.8 Å². The van der Waals surface area contributed by atoms with E-state index in [4.69, 9.17) is 0 Å². The molecule has 1 unspecified atom stereocenters. The summed E-state index contributed by atoms with van der Waals surface area (Å²) in [5, 5.41) is 12.0. The minimum absolute atomic E-state index is 0.636. The van der Waals surface area contributed by atoms with Gasteiger partial charge in [-0.3, -0.25) is 0 Å². The fourth-order valence-corrected chi connectivity index (χ4v) is 1.58. The van der Waals surface area contributed by atoms with E-state index in [1.807, 2.05) is 67.1 Å². The largest absolute Gasteiger partial charge is 0.386 e. The van der Waals surface area contributed by atoms with Crippen molar-refractivity contribution in [2.24, 2.45) is 0 Å². The van der Waals surface area contributed by atoms with Crippen LogP contribution >= 0.6 is 11.8 Å². The summed E-state index contributed by atoms with van der Waals surface area (Å²) in [7, 11) is 0. The molecule has 1 N–H and O–H groups in total. The van der Waals surface area contributed by atoms with Crippen molar-refractivity contribution in [2.75, 3.05) is 6.26 Å². The van der Waals surface area contributed by atoms with E-state index in [1.54, 1.807) is 11.8 Å². The monoisotopic (exact) mass is 234 g/mol.